The summed E-state index contributed by atoms with van der Waals surface area (Å²) >= 11 is 0. The molecule has 150 valence electrons. The molecule has 1 aliphatic rings. The average Bonchev–Trinajstić information content (AvgIpc) is 2.69. The number of sulfonamides is 1. The molecule has 2 aromatic carbocycles. The van der Waals surface area contributed by atoms with E-state index in [9.17, 15) is 17.6 Å². The summed E-state index contributed by atoms with van der Waals surface area (Å²) in [5.74, 6) is -1.34. The van der Waals surface area contributed by atoms with E-state index < -0.39 is 21.7 Å². The van der Waals surface area contributed by atoms with Gasteiger partial charge in [-0.3, -0.25) is 4.79 Å². The van der Waals surface area contributed by atoms with Crippen LogP contribution in [0.2, 0.25) is 0 Å². The zero-order valence-electron chi connectivity index (χ0n) is 16.1. The van der Waals surface area contributed by atoms with Crippen molar-refractivity contribution < 1.29 is 17.6 Å². The molecule has 0 heterocycles. The van der Waals surface area contributed by atoms with Gasteiger partial charge in [0.1, 0.15) is 5.82 Å². The first-order chi connectivity index (χ1) is 13.4. The number of benzene rings is 2. The first-order valence-electron chi connectivity index (χ1n) is 9.56. The lowest BCUT2D eigenvalue weighted by molar-refractivity contribution is 0.0928. The second kappa shape index (κ2) is 8.41. The number of nitrogens with zero attached hydrogens (tertiary/aromatic N) is 1. The lowest BCUT2D eigenvalue weighted by Crippen LogP contribution is -2.33. The van der Waals surface area contributed by atoms with Crippen LogP contribution >= 0.6 is 0 Å². The van der Waals surface area contributed by atoms with E-state index in [0.717, 1.165) is 37.0 Å². The molecule has 7 heteroatoms. The van der Waals surface area contributed by atoms with Crippen LogP contribution in [0, 0.1) is 5.82 Å². The van der Waals surface area contributed by atoms with Crippen molar-refractivity contribution in [1.82, 2.24) is 9.62 Å². The molecule has 0 spiro atoms. The fraction of sp³-hybridized carbons (Fsp3) is 0.381. The Kier molecular flexibility index (Phi) is 6.15. The van der Waals surface area contributed by atoms with Gasteiger partial charge in [0.15, 0.2) is 0 Å². The fourth-order valence-corrected chi connectivity index (χ4v) is 5.18. The van der Waals surface area contributed by atoms with Gasteiger partial charge in [-0.05, 0) is 48.6 Å². The summed E-state index contributed by atoms with van der Waals surface area (Å²) in [6, 6.07) is 11.1. The summed E-state index contributed by atoms with van der Waals surface area (Å²) in [5.41, 5.74) is 1.96. The molecule has 1 N–H and O–H groups in total. The molecule has 0 bridgehead atoms. The van der Waals surface area contributed by atoms with Crippen LogP contribution in [-0.4, -0.2) is 31.7 Å². The number of halogens is 1. The van der Waals surface area contributed by atoms with Crippen LogP contribution in [0.4, 0.5) is 4.39 Å². The van der Waals surface area contributed by atoms with Gasteiger partial charge in [-0.2, -0.15) is 4.31 Å². The third-order valence-electron chi connectivity index (χ3n) is 5.20. The topological polar surface area (TPSA) is 66.5 Å². The molecular formula is C21H25FN2O3S. The standard InChI is InChI=1S/C21H25FN2O3S/c1-3-24(4-2)28(26,27)16-12-13-19(22)18(14-16)21(25)23-20-11-7-9-15-8-5-6-10-17(15)20/h5-6,8,10,12-14,20H,3-4,7,9,11H2,1-2H3,(H,23,25). The van der Waals surface area contributed by atoms with E-state index in [1.807, 2.05) is 24.3 Å². The highest BCUT2D eigenvalue weighted by Gasteiger charge is 2.26. The van der Waals surface area contributed by atoms with E-state index in [1.54, 1.807) is 13.8 Å². The van der Waals surface area contributed by atoms with E-state index in [0.29, 0.717) is 13.1 Å². The molecule has 0 aromatic heterocycles. The molecule has 0 saturated heterocycles. The van der Waals surface area contributed by atoms with Gasteiger partial charge in [-0.15, -0.1) is 0 Å². The van der Waals surface area contributed by atoms with E-state index in [4.69, 9.17) is 0 Å². The molecule has 0 fully saturated rings. The van der Waals surface area contributed by atoms with E-state index in [1.165, 1.54) is 15.9 Å². The molecule has 1 unspecified atom stereocenters. The highest BCUT2D eigenvalue weighted by atomic mass is 32.2. The van der Waals surface area contributed by atoms with Crippen molar-refractivity contribution in [1.29, 1.82) is 0 Å². The Labute approximate surface area is 165 Å². The predicted molar refractivity (Wildman–Crippen MR) is 106 cm³/mol. The SMILES string of the molecule is CCN(CC)S(=O)(=O)c1ccc(F)c(C(=O)NC2CCCc3ccccc32)c1. The zero-order chi connectivity index (χ0) is 20.3. The maximum atomic E-state index is 14.4. The van der Waals surface area contributed by atoms with Gasteiger partial charge in [-0.25, -0.2) is 12.8 Å². The van der Waals surface area contributed by atoms with Crippen molar-refractivity contribution in [3.05, 3.63) is 65.0 Å². The summed E-state index contributed by atoms with van der Waals surface area (Å²) in [6.45, 7) is 4.07. The van der Waals surface area contributed by atoms with Gasteiger partial charge in [0.25, 0.3) is 5.91 Å². The van der Waals surface area contributed by atoms with Crippen LogP contribution in [0.3, 0.4) is 0 Å². The maximum absolute atomic E-state index is 14.4. The van der Waals surface area contributed by atoms with Crippen LogP contribution < -0.4 is 5.32 Å². The van der Waals surface area contributed by atoms with Gasteiger partial charge in [-0.1, -0.05) is 38.1 Å². The number of carbonyl (C=O) groups excluding carboxylic acids is 1. The third-order valence-corrected chi connectivity index (χ3v) is 7.25. The molecule has 1 aliphatic carbocycles. The molecule has 1 amide bonds. The monoisotopic (exact) mass is 404 g/mol. The van der Waals surface area contributed by atoms with Crippen molar-refractivity contribution in [2.45, 2.75) is 44.0 Å². The first kappa shape index (κ1) is 20.5. The molecule has 3 rings (SSSR count). The van der Waals surface area contributed by atoms with Crippen molar-refractivity contribution in [2.75, 3.05) is 13.1 Å². The van der Waals surface area contributed by atoms with Crippen LogP contribution in [0.25, 0.3) is 0 Å². The van der Waals surface area contributed by atoms with Crippen LogP contribution in [-0.2, 0) is 16.4 Å². The Morgan fingerprint density at radius 1 is 1.18 bits per heavy atom. The van der Waals surface area contributed by atoms with Gasteiger partial charge >= 0.3 is 0 Å². The number of rotatable bonds is 6. The Hall–Kier alpha value is -2.25. The molecular weight excluding hydrogens is 379 g/mol. The van der Waals surface area contributed by atoms with Crippen LogP contribution in [0.15, 0.2) is 47.4 Å². The number of nitrogens with one attached hydrogen (secondary N) is 1. The normalized spacial score (nSPS) is 16.6. The van der Waals surface area contributed by atoms with Crippen molar-refractivity contribution >= 4 is 15.9 Å². The summed E-state index contributed by atoms with van der Waals surface area (Å²) in [7, 11) is -3.77. The molecule has 28 heavy (non-hydrogen) atoms. The number of carbonyl (C=O) groups is 1. The lowest BCUT2D eigenvalue weighted by Gasteiger charge is -2.26. The van der Waals surface area contributed by atoms with Crippen LogP contribution in [0.1, 0.15) is 54.2 Å². The van der Waals surface area contributed by atoms with Crippen LogP contribution in [0.5, 0.6) is 0 Å². The summed E-state index contributed by atoms with van der Waals surface area (Å²) in [5, 5.41) is 2.88. The first-order valence-corrected chi connectivity index (χ1v) is 11.0. The van der Waals surface area contributed by atoms with Gasteiger partial charge in [0, 0.05) is 13.1 Å². The third kappa shape index (κ3) is 3.95. The minimum absolute atomic E-state index is 0.0770. The lowest BCUT2D eigenvalue weighted by atomic mass is 9.87. The maximum Gasteiger partial charge on any atom is 0.254 e. The number of hydrogen-bond acceptors (Lipinski definition) is 3. The zero-order valence-corrected chi connectivity index (χ0v) is 16.9. The smallest absolute Gasteiger partial charge is 0.254 e. The molecule has 0 aliphatic heterocycles. The van der Waals surface area contributed by atoms with E-state index >= 15 is 0 Å². The molecule has 0 radical (unpaired) electrons. The predicted octanol–water partition coefficient (Wildman–Crippen LogP) is 3.66. The van der Waals surface area contributed by atoms with Gasteiger partial charge in [0.2, 0.25) is 10.0 Å². The number of amides is 1. The Balaban J connectivity index is 1.89. The van der Waals surface area contributed by atoms with Crippen molar-refractivity contribution in [3.63, 3.8) is 0 Å². The van der Waals surface area contributed by atoms with Gasteiger partial charge < -0.3 is 5.32 Å². The minimum atomic E-state index is -3.77. The fourth-order valence-electron chi connectivity index (χ4n) is 3.69. The number of hydrogen-bond donors (Lipinski definition) is 1. The second-order valence-electron chi connectivity index (χ2n) is 6.85. The Bertz CT molecular complexity index is 971. The Morgan fingerprint density at radius 3 is 2.61 bits per heavy atom. The summed E-state index contributed by atoms with van der Waals surface area (Å²) < 4.78 is 41.0. The van der Waals surface area contributed by atoms with Crippen molar-refractivity contribution in [2.24, 2.45) is 0 Å². The average molecular weight is 405 g/mol. The number of fused-ring (bicyclic) bond motifs is 1. The highest BCUT2D eigenvalue weighted by molar-refractivity contribution is 7.89. The quantitative estimate of drug-likeness (QED) is 0.799. The van der Waals surface area contributed by atoms with Gasteiger partial charge in [0.05, 0.1) is 16.5 Å². The van der Waals surface area contributed by atoms with E-state index in [-0.39, 0.29) is 16.5 Å². The largest absolute Gasteiger partial charge is 0.345 e. The highest BCUT2D eigenvalue weighted by Crippen LogP contribution is 2.30. The molecule has 1 atom stereocenters. The van der Waals surface area contributed by atoms with Crippen molar-refractivity contribution in [3.8, 4) is 0 Å². The second-order valence-corrected chi connectivity index (χ2v) is 8.79. The minimum Gasteiger partial charge on any atom is -0.345 e. The summed E-state index contributed by atoms with van der Waals surface area (Å²) in [6.07, 6.45) is 2.65. The molecule has 5 nitrogen and oxygen atoms in total. The molecule has 0 saturated carbocycles. The molecule has 2 aromatic rings. The summed E-state index contributed by atoms with van der Waals surface area (Å²) in [4.78, 5) is 12.7. The van der Waals surface area contributed by atoms with E-state index in [2.05, 4.69) is 5.32 Å². The number of aryl methyl sites for hydroxylation is 1. The Morgan fingerprint density at radius 2 is 1.89 bits per heavy atom.